The molecule has 0 heterocycles. The Hall–Kier alpha value is -3.08. The van der Waals surface area contributed by atoms with Gasteiger partial charge in [0.2, 0.25) is 5.76 Å². The minimum Gasteiger partial charge on any atom is -0.486 e. The van der Waals surface area contributed by atoms with E-state index in [1.165, 1.54) is 0 Å². The lowest BCUT2D eigenvalue weighted by atomic mass is 10.1. The van der Waals surface area contributed by atoms with Crippen LogP contribution in [0.3, 0.4) is 0 Å². The third-order valence-corrected chi connectivity index (χ3v) is 6.74. The fraction of sp³-hybridized carbons (Fsp3) is 0.333. The summed E-state index contributed by atoms with van der Waals surface area (Å²) in [6.07, 6.45) is 2.30. The number of hydrogen-bond donors (Lipinski definition) is 5. The van der Waals surface area contributed by atoms with Crippen molar-refractivity contribution in [2.75, 3.05) is 31.7 Å². The van der Waals surface area contributed by atoms with E-state index in [0.29, 0.717) is 18.5 Å². The largest absolute Gasteiger partial charge is 0.486 e. The van der Waals surface area contributed by atoms with Crippen LogP contribution in [-0.2, 0) is 29.9 Å². The van der Waals surface area contributed by atoms with E-state index in [1.807, 2.05) is 12.1 Å². The fourth-order valence-electron chi connectivity index (χ4n) is 3.15. The third-order valence-electron chi connectivity index (χ3n) is 5.36. The van der Waals surface area contributed by atoms with Crippen molar-refractivity contribution in [3.05, 3.63) is 77.7 Å². The number of para-hydroxylation sites is 1. The van der Waals surface area contributed by atoms with E-state index in [4.69, 9.17) is 10.1 Å². The van der Waals surface area contributed by atoms with Crippen LogP contribution in [-0.4, -0.2) is 43.0 Å². The molecule has 1 unspecified atom stereocenters. The predicted molar refractivity (Wildman–Crippen MR) is 131 cm³/mol. The molecule has 10 heteroatoms. The standard InChI is InChI=1S/C24H29FN4O4S/c25-17-24(11-12-24)18-33-22(23(30)29-20-9-5-2-6-10-20)21(15-26)27-13-14-28-34(31,32)16-19-7-3-1-4-8-19/h1-10,15,26H,11-14,16-18H2,(H3-,27,28,29,30,31,32)/p+1. The molecular weight excluding hydrogens is 459 g/mol. The lowest BCUT2D eigenvalue weighted by Gasteiger charge is -2.18. The van der Waals surface area contributed by atoms with Crippen LogP contribution in [0.5, 0.6) is 0 Å². The number of anilines is 1. The number of hydrogen-bond acceptors (Lipinski definition) is 5. The van der Waals surface area contributed by atoms with Gasteiger partial charge in [-0.05, 0) is 29.2 Å². The number of nitrogens with one attached hydrogen (secondary N) is 4. The van der Waals surface area contributed by atoms with Crippen LogP contribution in [0.4, 0.5) is 10.1 Å². The molecule has 0 bridgehead atoms. The summed E-state index contributed by atoms with van der Waals surface area (Å²) in [5, 5.41) is 13.4. The summed E-state index contributed by atoms with van der Waals surface area (Å²) in [6.45, 7) is -0.262. The Morgan fingerprint density at radius 1 is 1.12 bits per heavy atom. The maximum atomic E-state index is 13.3. The highest BCUT2D eigenvalue weighted by Crippen LogP contribution is 2.46. The van der Waals surface area contributed by atoms with E-state index < -0.39 is 28.4 Å². The van der Waals surface area contributed by atoms with Crippen molar-refractivity contribution in [1.82, 2.24) is 10.0 Å². The molecule has 1 amide bonds. The van der Waals surface area contributed by atoms with Gasteiger partial charge < -0.3 is 20.8 Å². The molecule has 2 aromatic carbocycles. The summed E-state index contributed by atoms with van der Waals surface area (Å²) >= 11 is 0. The fourth-order valence-corrected chi connectivity index (χ4v) is 4.32. The number of carbonyl (C=O) groups is 1. The quantitative estimate of drug-likeness (QED) is 0.0913. The van der Waals surface area contributed by atoms with Crippen LogP contribution < -0.4 is 15.4 Å². The highest BCUT2D eigenvalue weighted by molar-refractivity contribution is 7.95. The molecule has 1 saturated carbocycles. The lowest BCUT2D eigenvalue weighted by Crippen LogP contribution is -2.37. The minimum absolute atomic E-state index is 0.0276. The molecule has 8 nitrogen and oxygen atoms in total. The second-order valence-electron chi connectivity index (χ2n) is 8.22. The van der Waals surface area contributed by atoms with E-state index in [9.17, 15) is 17.9 Å². The molecule has 0 radical (unpaired) electrons. The van der Waals surface area contributed by atoms with Crippen LogP contribution in [0.15, 0.2) is 72.1 Å². The highest BCUT2D eigenvalue weighted by Gasteiger charge is 2.44. The first-order chi connectivity index (χ1) is 16.4. The monoisotopic (exact) mass is 489 g/mol. The van der Waals surface area contributed by atoms with Crippen molar-refractivity contribution in [2.45, 2.75) is 18.6 Å². The average molecular weight is 490 g/mol. The molecule has 182 valence electrons. The first-order valence-corrected chi connectivity index (χ1v) is 12.6. The molecule has 0 spiro atoms. The number of rotatable bonds is 14. The van der Waals surface area contributed by atoms with Crippen molar-refractivity contribution >= 4 is 28.2 Å². The summed E-state index contributed by atoms with van der Waals surface area (Å²) < 4.78 is 44.2. The van der Waals surface area contributed by atoms with Gasteiger partial charge in [-0.2, -0.15) is 4.55 Å². The van der Waals surface area contributed by atoms with Crippen LogP contribution in [0, 0.1) is 10.8 Å². The van der Waals surface area contributed by atoms with Gasteiger partial charge in [-0.3, -0.25) is 9.18 Å². The Balaban J connectivity index is 1.63. The van der Waals surface area contributed by atoms with E-state index in [2.05, 4.69) is 15.4 Å². The van der Waals surface area contributed by atoms with Crippen LogP contribution >= 0.6 is 0 Å². The second kappa shape index (κ2) is 11.9. The number of halogens is 1. The molecule has 1 aliphatic carbocycles. The maximum Gasteiger partial charge on any atom is 0.293 e. The van der Waals surface area contributed by atoms with Gasteiger partial charge in [0, 0.05) is 29.4 Å². The van der Waals surface area contributed by atoms with Gasteiger partial charge in [-0.25, -0.2) is 0 Å². The smallest absolute Gasteiger partial charge is 0.293 e. The van der Waals surface area contributed by atoms with Crippen molar-refractivity contribution in [3.63, 3.8) is 0 Å². The van der Waals surface area contributed by atoms with E-state index in [-0.39, 0.29) is 36.9 Å². The Morgan fingerprint density at radius 3 is 2.35 bits per heavy atom. The molecule has 0 aliphatic heterocycles. The van der Waals surface area contributed by atoms with Crippen molar-refractivity contribution in [1.29, 1.82) is 5.41 Å². The highest BCUT2D eigenvalue weighted by atomic mass is 32.3. The predicted octanol–water partition coefficient (Wildman–Crippen LogP) is 3.52. The number of amides is 1. The molecule has 1 atom stereocenters. The van der Waals surface area contributed by atoms with Gasteiger partial charge in [0.25, 0.3) is 16.3 Å². The molecule has 34 heavy (non-hydrogen) atoms. The minimum atomic E-state index is -3.31. The van der Waals surface area contributed by atoms with Gasteiger partial charge >= 0.3 is 0 Å². The number of allylic oxidation sites excluding steroid dienone is 1. The van der Waals surface area contributed by atoms with Gasteiger partial charge in [-0.15, -0.1) is 4.72 Å². The third kappa shape index (κ3) is 7.75. The van der Waals surface area contributed by atoms with Gasteiger partial charge in [0.1, 0.15) is 5.70 Å². The SMILES string of the molecule is N=C/C(NCCN[S+](=O)(O)Cc1ccccc1)=C(/OCC1(CF)CC1)C(=O)Nc1ccccc1. The van der Waals surface area contributed by atoms with E-state index in [1.54, 1.807) is 48.5 Å². The molecular formula is C24H30FN4O4S+. The summed E-state index contributed by atoms with van der Waals surface area (Å²) in [4.78, 5) is 12.9. The Morgan fingerprint density at radius 2 is 1.76 bits per heavy atom. The van der Waals surface area contributed by atoms with Crippen LogP contribution in [0.1, 0.15) is 18.4 Å². The normalized spacial score (nSPS) is 16.5. The van der Waals surface area contributed by atoms with Crippen molar-refractivity contribution in [3.8, 4) is 0 Å². The topological polar surface area (TPSA) is 124 Å². The zero-order valence-electron chi connectivity index (χ0n) is 18.8. The Labute approximate surface area is 199 Å². The molecule has 5 N–H and O–H groups in total. The molecule has 0 saturated heterocycles. The van der Waals surface area contributed by atoms with E-state index >= 15 is 0 Å². The first-order valence-electron chi connectivity index (χ1n) is 10.9. The number of alkyl halides is 1. The zero-order chi connectivity index (χ0) is 24.4. The molecule has 1 fully saturated rings. The molecule has 1 aliphatic rings. The number of ether oxygens (including phenoxy) is 1. The molecule has 0 aromatic heterocycles. The Kier molecular flexibility index (Phi) is 8.91. The van der Waals surface area contributed by atoms with Crippen LogP contribution in [0.2, 0.25) is 0 Å². The average Bonchev–Trinajstić information content (AvgIpc) is 3.62. The lowest BCUT2D eigenvalue weighted by molar-refractivity contribution is -0.116. The van der Waals surface area contributed by atoms with Gasteiger partial charge in [-0.1, -0.05) is 48.5 Å². The molecule has 3 rings (SSSR count). The molecule has 2 aromatic rings. The summed E-state index contributed by atoms with van der Waals surface area (Å²) in [5.74, 6) is -0.747. The van der Waals surface area contributed by atoms with Crippen LogP contribution in [0.25, 0.3) is 0 Å². The zero-order valence-corrected chi connectivity index (χ0v) is 19.6. The van der Waals surface area contributed by atoms with Crippen molar-refractivity contribution in [2.24, 2.45) is 5.41 Å². The Bertz CT molecular complexity index is 1050. The van der Waals surface area contributed by atoms with E-state index in [0.717, 1.165) is 11.8 Å². The summed E-state index contributed by atoms with van der Waals surface area (Å²) in [5.41, 5.74) is 0.794. The van der Waals surface area contributed by atoms with Gasteiger partial charge in [0.15, 0.2) is 5.75 Å². The summed E-state index contributed by atoms with van der Waals surface area (Å²) in [6, 6.07) is 17.7. The van der Waals surface area contributed by atoms with Crippen molar-refractivity contribution < 1.29 is 22.7 Å². The van der Waals surface area contributed by atoms with Gasteiger partial charge in [0.05, 0.1) is 19.8 Å². The second-order valence-corrected chi connectivity index (χ2v) is 10.1. The maximum absolute atomic E-state index is 13.3. The number of carbonyl (C=O) groups excluding carboxylic acids is 1. The summed E-state index contributed by atoms with van der Waals surface area (Å²) in [7, 11) is -3.31. The first kappa shape index (κ1) is 25.5. The number of benzene rings is 2.